The Kier molecular flexibility index (Phi) is 3.66. The van der Waals surface area contributed by atoms with Crippen LogP contribution in [-0.4, -0.2) is 39.6 Å². The molecule has 4 nitrogen and oxygen atoms in total. The average molecular weight is 248 g/mol. The number of aryl methyl sites for hydroxylation is 1. The normalized spacial score (nSPS) is 24.7. The molecule has 1 amide bonds. The largest absolute Gasteiger partial charge is 0.390 e. The van der Waals surface area contributed by atoms with Crippen molar-refractivity contribution < 1.29 is 9.90 Å². The number of hydrogen-bond donors (Lipinski definition) is 1. The quantitative estimate of drug-likeness (QED) is 0.824. The molecule has 0 saturated carbocycles. The Labute approximate surface area is 108 Å². The maximum Gasteiger partial charge on any atom is 0.255 e. The van der Waals surface area contributed by atoms with Crippen LogP contribution < -0.4 is 0 Å². The zero-order chi connectivity index (χ0) is 13.2. The summed E-state index contributed by atoms with van der Waals surface area (Å²) in [4.78, 5) is 18.4. The van der Waals surface area contributed by atoms with E-state index in [1.165, 1.54) is 0 Å². The summed E-state index contributed by atoms with van der Waals surface area (Å²) in [5.41, 5.74) is 0.788. The highest BCUT2D eigenvalue weighted by Gasteiger charge is 2.27. The van der Waals surface area contributed by atoms with Gasteiger partial charge in [0.05, 0.1) is 11.2 Å². The first-order chi connectivity index (χ1) is 8.49. The van der Waals surface area contributed by atoms with Crippen molar-refractivity contribution >= 4 is 5.91 Å². The predicted molar refractivity (Wildman–Crippen MR) is 69.4 cm³/mol. The van der Waals surface area contributed by atoms with Gasteiger partial charge in [0.25, 0.3) is 5.91 Å². The van der Waals surface area contributed by atoms with Gasteiger partial charge in [0.15, 0.2) is 0 Å². The Morgan fingerprint density at radius 1 is 1.44 bits per heavy atom. The average Bonchev–Trinajstić information content (AvgIpc) is 2.50. The lowest BCUT2D eigenvalue weighted by molar-refractivity contribution is 0.0438. The van der Waals surface area contributed by atoms with E-state index in [1.807, 2.05) is 24.8 Å². The van der Waals surface area contributed by atoms with Crippen molar-refractivity contribution in [3.63, 3.8) is 0 Å². The molecule has 1 fully saturated rings. The zero-order valence-electron chi connectivity index (χ0n) is 11.0. The van der Waals surface area contributed by atoms with Crippen LogP contribution in [0.25, 0.3) is 0 Å². The number of carbonyl (C=O) groups excluding carboxylic acids is 1. The van der Waals surface area contributed by atoms with Crippen LogP contribution in [0.4, 0.5) is 0 Å². The molecule has 1 aromatic heterocycles. The van der Waals surface area contributed by atoms with E-state index in [0.29, 0.717) is 25.1 Å². The van der Waals surface area contributed by atoms with Crippen LogP contribution in [-0.2, 0) is 0 Å². The molecule has 2 rings (SSSR count). The molecule has 1 aliphatic rings. The Morgan fingerprint density at radius 3 is 2.94 bits per heavy atom. The highest BCUT2D eigenvalue weighted by molar-refractivity contribution is 5.95. The van der Waals surface area contributed by atoms with E-state index >= 15 is 0 Å². The van der Waals surface area contributed by atoms with Crippen molar-refractivity contribution in [2.75, 3.05) is 13.1 Å². The van der Waals surface area contributed by atoms with E-state index < -0.39 is 5.60 Å². The van der Waals surface area contributed by atoms with E-state index in [-0.39, 0.29) is 5.91 Å². The van der Waals surface area contributed by atoms with Gasteiger partial charge in [-0.2, -0.15) is 0 Å². The molecule has 0 spiro atoms. The third-order valence-electron chi connectivity index (χ3n) is 3.59. The maximum absolute atomic E-state index is 12.4. The van der Waals surface area contributed by atoms with E-state index in [2.05, 4.69) is 4.98 Å². The van der Waals surface area contributed by atoms with E-state index in [0.717, 1.165) is 18.5 Å². The Balaban J connectivity index is 2.13. The number of likely N-dealkylation sites (tertiary alicyclic amines) is 1. The second-order valence-electron chi connectivity index (χ2n) is 5.28. The number of amides is 1. The lowest BCUT2D eigenvalue weighted by Crippen LogP contribution is -2.34. The van der Waals surface area contributed by atoms with Crippen molar-refractivity contribution in [3.05, 3.63) is 29.6 Å². The molecular formula is C14H20N2O2. The second kappa shape index (κ2) is 5.06. The minimum atomic E-state index is -0.640. The van der Waals surface area contributed by atoms with Crippen LogP contribution in [0.1, 0.15) is 42.2 Å². The van der Waals surface area contributed by atoms with Gasteiger partial charge in [0.2, 0.25) is 0 Å². The molecule has 1 N–H and O–H groups in total. The third-order valence-corrected chi connectivity index (χ3v) is 3.59. The summed E-state index contributed by atoms with van der Waals surface area (Å²) in [6.07, 6.45) is 3.93. The molecule has 0 radical (unpaired) electrons. The number of aliphatic hydroxyl groups is 1. The number of pyridine rings is 1. The summed E-state index contributed by atoms with van der Waals surface area (Å²) < 4.78 is 0. The first-order valence-electron chi connectivity index (χ1n) is 6.43. The molecule has 0 aromatic carbocycles. The van der Waals surface area contributed by atoms with Crippen molar-refractivity contribution in [1.82, 2.24) is 9.88 Å². The summed E-state index contributed by atoms with van der Waals surface area (Å²) in [7, 11) is 0. The summed E-state index contributed by atoms with van der Waals surface area (Å²) in [6, 6.07) is 3.60. The van der Waals surface area contributed by atoms with Crippen molar-refractivity contribution in [3.8, 4) is 0 Å². The maximum atomic E-state index is 12.4. The fourth-order valence-corrected chi connectivity index (χ4v) is 2.35. The van der Waals surface area contributed by atoms with Crippen molar-refractivity contribution in [2.24, 2.45) is 0 Å². The molecular weight excluding hydrogens is 228 g/mol. The Hall–Kier alpha value is -1.42. The van der Waals surface area contributed by atoms with Gasteiger partial charge >= 0.3 is 0 Å². The Morgan fingerprint density at radius 2 is 2.22 bits per heavy atom. The van der Waals surface area contributed by atoms with Gasteiger partial charge in [0, 0.05) is 25.0 Å². The zero-order valence-corrected chi connectivity index (χ0v) is 11.0. The van der Waals surface area contributed by atoms with Crippen molar-refractivity contribution in [1.29, 1.82) is 0 Å². The highest BCUT2D eigenvalue weighted by atomic mass is 16.3. The fourth-order valence-electron chi connectivity index (χ4n) is 2.35. The van der Waals surface area contributed by atoms with Crippen LogP contribution in [0, 0.1) is 6.92 Å². The standard InChI is InChI=1S/C14H20N2O2/c1-11-12(5-3-8-15-11)13(17)16-9-4-6-14(2,18)7-10-16/h3,5,8,18H,4,6-7,9-10H2,1-2H3. The number of hydrogen-bond acceptors (Lipinski definition) is 3. The van der Waals surface area contributed by atoms with Crippen LogP contribution in [0.5, 0.6) is 0 Å². The minimum absolute atomic E-state index is 0.0262. The van der Waals surface area contributed by atoms with Crippen LogP contribution >= 0.6 is 0 Å². The van der Waals surface area contributed by atoms with Crippen LogP contribution in [0.2, 0.25) is 0 Å². The number of aromatic nitrogens is 1. The smallest absolute Gasteiger partial charge is 0.255 e. The first-order valence-corrected chi connectivity index (χ1v) is 6.43. The fraction of sp³-hybridized carbons (Fsp3) is 0.571. The van der Waals surface area contributed by atoms with Gasteiger partial charge < -0.3 is 10.0 Å². The van der Waals surface area contributed by atoms with E-state index in [4.69, 9.17) is 0 Å². The van der Waals surface area contributed by atoms with Crippen molar-refractivity contribution in [2.45, 2.75) is 38.7 Å². The van der Waals surface area contributed by atoms with Gasteiger partial charge in [0.1, 0.15) is 0 Å². The van der Waals surface area contributed by atoms with E-state index in [9.17, 15) is 9.90 Å². The number of carbonyl (C=O) groups is 1. The lowest BCUT2D eigenvalue weighted by Gasteiger charge is -2.23. The molecule has 1 atom stereocenters. The molecule has 18 heavy (non-hydrogen) atoms. The molecule has 1 aliphatic heterocycles. The molecule has 0 aliphatic carbocycles. The Bertz CT molecular complexity index is 443. The van der Waals surface area contributed by atoms with Crippen LogP contribution in [0.3, 0.4) is 0 Å². The third kappa shape index (κ3) is 2.88. The summed E-state index contributed by atoms with van der Waals surface area (Å²) in [5, 5.41) is 10.0. The van der Waals surface area contributed by atoms with Gasteiger partial charge in [-0.3, -0.25) is 9.78 Å². The molecule has 1 saturated heterocycles. The lowest BCUT2D eigenvalue weighted by atomic mass is 9.98. The van der Waals surface area contributed by atoms with E-state index in [1.54, 1.807) is 12.3 Å². The molecule has 4 heteroatoms. The monoisotopic (exact) mass is 248 g/mol. The minimum Gasteiger partial charge on any atom is -0.390 e. The summed E-state index contributed by atoms with van der Waals surface area (Å²) in [5.74, 6) is 0.0262. The second-order valence-corrected chi connectivity index (χ2v) is 5.28. The molecule has 1 unspecified atom stereocenters. The highest BCUT2D eigenvalue weighted by Crippen LogP contribution is 2.22. The van der Waals surface area contributed by atoms with Gasteiger partial charge in [-0.25, -0.2) is 0 Å². The summed E-state index contributed by atoms with van der Waals surface area (Å²) >= 11 is 0. The van der Waals surface area contributed by atoms with Gasteiger partial charge in [-0.1, -0.05) is 0 Å². The van der Waals surface area contributed by atoms with Gasteiger partial charge in [-0.05, 0) is 45.2 Å². The molecule has 98 valence electrons. The SMILES string of the molecule is Cc1ncccc1C(=O)N1CCCC(C)(O)CC1. The molecule has 0 bridgehead atoms. The first kappa shape index (κ1) is 13.0. The number of rotatable bonds is 1. The topological polar surface area (TPSA) is 53.4 Å². The molecule has 1 aromatic rings. The summed E-state index contributed by atoms with van der Waals surface area (Å²) in [6.45, 7) is 5.01. The number of nitrogens with zero attached hydrogens (tertiary/aromatic N) is 2. The predicted octanol–water partition coefficient (Wildman–Crippen LogP) is 1.77. The van der Waals surface area contributed by atoms with Crippen LogP contribution in [0.15, 0.2) is 18.3 Å². The van der Waals surface area contributed by atoms with Gasteiger partial charge in [-0.15, -0.1) is 0 Å². The molecule has 2 heterocycles.